The van der Waals surface area contributed by atoms with Gasteiger partial charge in [0.25, 0.3) is 0 Å². The highest BCUT2D eigenvalue weighted by Gasteiger charge is 2.22. The summed E-state index contributed by atoms with van der Waals surface area (Å²) in [5.41, 5.74) is 6.26. The summed E-state index contributed by atoms with van der Waals surface area (Å²) in [4.78, 5) is 15.6. The summed E-state index contributed by atoms with van der Waals surface area (Å²) >= 11 is 4.69. The van der Waals surface area contributed by atoms with Crippen molar-refractivity contribution in [2.45, 2.75) is 6.54 Å². The zero-order chi connectivity index (χ0) is 15.0. The maximum Gasteiger partial charge on any atom is 0.312 e. The largest absolute Gasteiger partial charge is 0.429 e. The Bertz CT molecular complexity index is 829. The van der Waals surface area contributed by atoms with E-state index in [1.54, 1.807) is 12.1 Å². The number of nitrogens with zero attached hydrogens (tertiary/aromatic N) is 3. The molecule has 0 saturated heterocycles. The molecule has 0 saturated carbocycles. The van der Waals surface area contributed by atoms with Crippen LogP contribution in [0.4, 0.5) is 5.69 Å². The quantitative estimate of drug-likeness (QED) is 0.562. The second-order valence-corrected chi connectivity index (χ2v) is 5.80. The normalized spacial score (nSPS) is 11.0. The van der Waals surface area contributed by atoms with Crippen LogP contribution in [0.15, 0.2) is 34.2 Å². The lowest BCUT2D eigenvalue weighted by Gasteiger charge is -2.07. The van der Waals surface area contributed by atoms with Crippen LogP contribution in [-0.2, 0) is 6.54 Å². The van der Waals surface area contributed by atoms with Crippen molar-refractivity contribution >= 4 is 37.9 Å². The van der Waals surface area contributed by atoms with E-state index < -0.39 is 4.92 Å². The van der Waals surface area contributed by atoms with Gasteiger partial charge >= 0.3 is 5.69 Å². The van der Waals surface area contributed by atoms with E-state index in [2.05, 4.69) is 20.9 Å². The Morgan fingerprint density at radius 1 is 1.52 bits per heavy atom. The molecule has 108 valence electrons. The molecule has 0 radical (unpaired) electrons. The molecular weight excluding hydrogens is 360 g/mol. The van der Waals surface area contributed by atoms with Crippen LogP contribution < -0.4 is 10.5 Å². The van der Waals surface area contributed by atoms with Crippen molar-refractivity contribution in [1.82, 2.24) is 9.38 Å². The first-order valence-corrected chi connectivity index (χ1v) is 7.54. The van der Waals surface area contributed by atoms with Crippen molar-refractivity contribution in [3.63, 3.8) is 0 Å². The number of nitrogens with two attached hydrogens (primary N) is 1. The molecule has 0 unspecified atom stereocenters. The number of ether oxygens (including phenoxy) is 1. The Labute approximate surface area is 131 Å². The number of nitro groups is 1. The van der Waals surface area contributed by atoms with Gasteiger partial charge < -0.3 is 10.5 Å². The van der Waals surface area contributed by atoms with E-state index in [0.717, 1.165) is 4.96 Å². The molecule has 21 heavy (non-hydrogen) atoms. The average molecular weight is 369 g/mol. The Morgan fingerprint density at radius 3 is 3.05 bits per heavy atom. The first-order chi connectivity index (χ1) is 10.1. The Balaban J connectivity index is 2.10. The number of para-hydroxylation sites is 1. The van der Waals surface area contributed by atoms with Gasteiger partial charge in [-0.1, -0.05) is 6.07 Å². The number of aromatic nitrogens is 2. The Morgan fingerprint density at radius 2 is 2.33 bits per heavy atom. The number of thiazole rings is 1. The summed E-state index contributed by atoms with van der Waals surface area (Å²) in [6, 6.07) is 4.62. The molecule has 3 rings (SSSR count). The molecule has 7 nitrogen and oxygen atoms in total. The van der Waals surface area contributed by atoms with Gasteiger partial charge in [0.15, 0.2) is 4.96 Å². The summed E-state index contributed by atoms with van der Waals surface area (Å²) in [7, 11) is 0. The average Bonchev–Trinajstić information content (AvgIpc) is 3.00. The molecule has 0 spiro atoms. The molecule has 0 fully saturated rings. The molecule has 2 aromatic heterocycles. The molecule has 1 aromatic carbocycles. The third-order valence-electron chi connectivity index (χ3n) is 2.86. The molecule has 0 aliphatic carbocycles. The van der Waals surface area contributed by atoms with Crippen LogP contribution in [0.5, 0.6) is 11.6 Å². The van der Waals surface area contributed by atoms with Gasteiger partial charge in [-0.2, -0.15) is 4.98 Å². The zero-order valence-corrected chi connectivity index (χ0v) is 12.9. The summed E-state index contributed by atoms with van der Waals surface area (Å²) in [6.45, 7) is 0.214. The van der Waals surface area contributed by atoms with Crippen LogP contribution in [-0.4, -0.2) is 14.3 Å². The number of rotatable bonds is 4. The van der Waals surface area contributed by atoms with E-state index in [1.165, 1.54) is 17.4 Å². The minimum atomic E-state index is -0.499. The van der Waals surface area contributed by atoms with Crippen molar-refractivity contribution < 1.29 is 9.66 Å². The predicted octanol–water partition coefficient (Wildman–Crippen LogP) is 3.32. The minimum Gasteiger partial charge on any atom is -0.429 e. The number of nitro benzene ring substituents is 1. The van der Waals surface area contributed by atoms with Gasteiger partial charge in [-0.3, -0.25) is 14.5 Å². The first-order valence-electron chi connectivity index (χ1n) is 5.87. The van der Waals surface area contributed by atoms with E-state index >= 15 is 0 Å². The summed E-state index contributed by atoms with van der Waals surface area (Å²) < 4.78 is 7.96. The van der Waals surface area contributed by atoms with Crippen molar-refractivity contribution in [1.29, 1.82) is 0 Å². The van der Waals surface area contributed by atoms with Gasteiger partial charge in [-0.05, 0) is 22.0 Å². The van der Waals surface area contributed by atoms with Gasteiger partial charge in [-0.25, -0.2) is 0 Å². The van der Waals surface area contributed by atoms with Gasteiger partial charge in [0, 0.05) is 24.2 Å². The van der Waals surface area contributed by atoms with Crippen LogP contribution in [0.25, 0.3) is 4.96 Å². The van der Waals surface area contributed by atoms with E-state index in [1.807, 2.05) is 16.0 Å². The first kappa shape index (κ1) is 14.0. The second-order valence-electron chi connectivity index (χ2n) is 4.07. The number of hydrogen-bond acceptors (Lipinski definition) is 6. The number of benzene rings is 1. The van der Waals surface area contributed by atoms with Crippen LogP contribution >= 0.6 is 27.3 Å². The highest BCUT2D eigenvalue weighted by Crippen LogP contribution is 2.39. The van der Waals surface area contributed by atoms with Gasteiger partial charge in [0.05, 0.1) is 9.40 Å². The maximum atomic E-state index is 11.1. The molecule has 3 aromatic rings. The lowest BCUT2D eigenvalue weighted by atomic mass is 10.3. The third kappa shape index (κ3) is 2.39. The topological polar surface area (TPSA) is 95.7 Å². The fourth-order valence-electron chi connectivity index (χ4n) is 1.92. The monoisotopic (exact) mass is 368 g/mol. The van der Waals surface area contributed by atoms with Gasteiger partial charge in [0.1, 0.15) is 5.69 Å². The SMILES string of the molecule is NCc1c(Oc2c(Br)cccc2[N+](=O)[O-])nc2sccn12. The van der Waals surface area contributed by atoms with Crippen LogP contribution in [0, 0.1) is 10.1 Å². The van der Waals surface area contributed by atoms with Crippen LogP contribution in [0.2, 0.25) is 0 Å². The molecule has 0 bridgehead atoms. The smallest absolute Gasteiger partial charge is 0.312 e. The molecule has 2 N–H and O–H groups in total. The summed E-state index contributed by atoms with van der Waals surface area (Å²) in [5, 5.41) is 13.0. The van der Waals surface area contributed by atoms with E-state index in [9.17, 15) is 10.1 Å². The lowest BCUT2D eigenvalue weighted by Crippen LogP contribution is -2.02. The van der Waals surface area contributed by atoms with Gasteiger partial charge in [-0.15, -0.1) is 11.3 Å². The van der Waals surface area contributed by atoms with Crippen molar-refractivity contribution in [2.75, 3.05) is 0 Å². The van der Waals surface area contributed by atoms with Crippen LogP contribution in [0.3, 0.4) is 0 Å². The van der Waals surface area contributed by atoms with E-state index in [0.29, 0.717) is 10.2 Å². The predicted molar refractivity (Wildman–Crippen MR) is 81.8 cm³/mol. The highest BCUT2D eigenvalue weighted by molar-refractivity contribution is 9.10. The van der Waals surface area contributed by atoms with Crippen molar-refractivity contribution in [3.05, 3.63) is 50.1 Å². The fraction of sp³-hybridized carbons (Fsp3) is 0.0833. The second kappa shape index (κ2) is 5.43. The molecule has 0 aliphatic heterocycles. The molecular formula is C12H9BrN4O3S. The number of hydrogen-bond donors (Lipinski definition) is 1. The molecule has 0 atom stereocenters. The van der Waals surface area contributed by atoms with Crippen molar-refractivity contribution in [2.24, 2.45) is 5.73 Å². The van der Waals surface area contributed by atoms with Crippen LogP contribution in [0.1, 0.15) is 5.69 Å². The van der Waals surface area contributed by atoms with Crippen molar-refractivity contribution in [3.8, 4) is 11.6 Å². The lowest BCUT2D eigenvalue weighted by molar-refractivity contribution is -0.385. The standard InChI is InChI=1S/C12H9BrN4O3S/c13-7-2-1-3-8(17(18)19)10(7)20-11-9(6-14)16-4-5-21-12(16)15-11/h1-5H,6,14H2. The Hall–Kier alpha value is -1.97. The fourth-order valence-corrected chi connectivity index (χ4v) is 3.08. The molecule has 9 heteroatoms. The minimum absolute atomic E-state index is 0.114. The van der Waals surface area contributed by atoms with E-state index in [4.69, 9.17) is 10.5 Å². The molecule has 0 amide bonds. The zero-order valence-electron chi connectivity index (χ0n) is 10.5. The van der Waals surface area contributed by atoms with E-state index in [-0.39, 0.29) is 23.9 Å². The summed E-state index contributed by atoms with van der Waals surface area (Å²) in [5.74, 6) is 0.391. The number of halogens is 1. The summed E-state index contributed by atoms with van der Waals surface area (Å²) in [6.07, 6.45) is 1.83. The number of fused-ring (bicyclic) bond motifs is 1. The third-order valence-corrected chi connectivity index (χ3v) is 4.24. The highest BCUT2D eigenvalue weighted by atomic mass is 79.9. The van der Waals surface area contributed by atoms with Gasteiger partial charge in [0.2, 0.25) is 11.6 Å². The molecule has 0 aliphatic rings. The Kier molecular flexibility index (Phi) is 3.62. The molecule has 2 heterocycles. The number of imidazole rings is 1. The maximum absolute atomic E-state index is 11.1.